The van der Waals surface area contributed by atoms with Crippen molar-refractivity contribution in [2.24, 2.45) is 5.41 Å². The van der Waals surface area contributed by atoms with Crippen molar-refractivity contribution in [2.45, 2.75) is 38.7 Å². The Morgan fingerprint density at radius 3 is 2.43 bits per heavy atom. The fourth-order valence-electron chi connectivity index (χ4n) is 1.94. The zero-order valence-corrected chi connectivity index (χ0v) is 13.4. The molecule has 1 heterocycles. The Kier molecular flexibility index (Phi) is 5.45. The lowest BCUT2D eigenvalue weighted by Gasteiger charge is -2.48. The molecule has 8 heteroatoms. The van der Waals surface area contributed by atoms with Gasteiger partial charge in [0.1, 0.15) is 5.60 Å². The summed E-state index contributed by atoms with van der Waals surface area (Å²) in [5.74, 6) is -3.21. The van der Waals surface area contributed by atoms with E-state index in [9.17, 15) is 13.6 Å². The molecule has 5 nitrogen and oxygen atoms in total. The number of likely N-dealkylation sites (tertiary alicyclic amines) is 1. The van der Waals surface area contributed by atoms with Gasteiger partial charge in [-0.1, -0.05) is 0 Å². The molecule has 0 aromatic heterocycles. The number of rotatable bonds is 5. The van der Waals surface area contributed by atoms with Crippen molar-refractivity contribution < 1.29 is 22.5 Å². The molecule has 1 amide bonds. The molecule has 21 heavy (non-hydrogen) atoms. The molecule has 0 spiro atoms. The first-order chi connectivity index (χ1) is 9.57. The molecular formula is C13H20F2N2O3S. The van der Waals surface area contributed by atoms with Crippen LogP contribution in [0.25, 0.3) is 0 Å². The lowest BCUT2D eigenvalue weighted by molar-refractivity contribution is -0.161. The summed E-state index contributed by atoms with van der Waals surface area (Å²) in [4.78, 5) is 12.9. The van der Waals surface area contributed by atoms with Gasteiger partial charge in [-0.25, -0.2) is 13.6 Å². The van der Waals surface area contributed by atoms with Gasteiger partial charge in [0.25, 0.3) is 5.92 Å². The maximum Gasteiger partial charge on any atom is 0.410 e. The number of hydrogen-bond donors (Lipinski definition) is 0. The first-order valence-corrected chi connectivity index (χ1v) is 7.64. The monoisotopic (exact) mass is 322 g/mol. The number of hydrogen-bond acceptors (Lipinski definition) is 5. The fourth-order valence-corrected chi connectivity index (χ4v) is 2.19. The topological polar surface area (TPSA) is 62.6 Å². The van der Waals surface area contributed by atoms with Crippen LogP contribution in [0.2, 0.25) is 0 Å². The van der Waals surface area contributed by atoms with Gasteiger partial charge in [0, 0.05) is 12.7 Å². The van der Waals surface area contributed by atoms with Crippen molar-refractivity contribution in [2.75, 3.05) is 26.0 Å². The van der Waals surface area contributed by atoms with Crippen molar-refractivity contribution in [3.05, 3.63) is 0 Å². The van der Waals surface area contributed by atoms with Gasteiger partial charge in [0.2, 0.25) is 0 Å². The lowest BCUT2D eigenvalue weighted by atomic mass is 9.74. The van der Waals surface area contributed by atoms with E-state index in [1.165, 1.54) is 0 Å². The van der Waals surface area contributed by atoms with Gasteiger partial charge in [-0.3, -0.25) is 0 Å². The Morgan fingerprint density at radius 2 is 2.00 bits per heavy atom. The Hall–Kier alpha value is -1.07. The molecule has 0 unspecified atom stereocenters. The molecule has 0 saturated carbocycles. The van der Waals surface area contributed by atoms with Gasteiger partial charge >= 0.3 is 6.09 Å². The second kappa shape index (κ2) is 6.36. The van der Waals surface area contributed by atoms with E-state index < -0.39 is 29.5 Å². The third kappa shape index (κ3) is 4.20. The molecule has 0 aromatic rings. The average Bonchev–Trinajstić information content (AvgIpc) is 2.25. The summed E-state index contributed by atoms with van der Waals surface area (Å²) in [5, 5.41) is 9.11. The minimum Gasteiger partial charge on any atom is -0.444 e. The van der Waals surface area contributed by atoms with Crippen LogP contribution in [-0.2, 0) is 8.92 Å². The highest BCUT2D eigenvalue weighted by Gasteiger charge is 2.62. The minimum absolute atomic E-state index is 0.149. The number of nitrogens with zero attached hydrogens (tertiary/aromatic N) is 2. The number of nitriles is 1. The number of halogens is 2. The molecule has 0 radical (unpaired) electrons. The molecule has 0 bridgehead atoms. The van der Waals surface area contributed by atoms with Crippen LogP contribution in [0.4, 0.5) is 13.6 Å². The minimum atomic E-state index is -3.21. The van der Waals surface area contributed by atoms with E-state index in [1.54, 1.807) is 33.1 Å². The van der Waals surface area contributed by atoms with Crippen LogP contribution >= 0.6 is 12.0 Å². The van der Waals surface area contributed by atoms with Crippen molar-refractivity contribution in [3.63, 3.8) is 0 Å². The number of amides is 1. The number of carbonyl (C=O) groups excluding carboxylic acids is 1. The molecule has 0 aromatic carbocycles. The van der Waals surface area contributed by atoms with Gasteiger partial charge in [-0.2, -0.15) is 5.26 Å². The van der Waals surface area contributed by atoms with Gasteiger partial charge < -0.3 is 13.8 Å². The van der Waals surface area contributed by atoms with E-state index in [0.29, 0.717) is 0 Å². The van der Waals surface area contributed by atoms with Crippen LogP contribution in [0.3, 0.4) is 0 Å². The highest BCUT2D eigenvalue weighted by Crippen LogP contribution is 2.46. The standard InChI is InChI=1S/C13H20F2N2O3S/c1-11(2,3)20-10(18)17-8-12(7-16,9-17)13(14,15)5-6-19-21-4/h5-6,8-9H2,1-4H3. The summed E-state index contributed by atoms with van der Waals surface area (Å²) in [7, 11) is 0. The molecule has 0 N–H and O–H groups in total. The van der Waals surface area contributed by atoms with Crippen molar-refractivity contribution in [1.82, 2.24) is 4.90 Å². The van der Waals surface area contributed by atoms with Crippen LogP contribution in [0.5, 0.6) is 0 Å². The Bertz CT molecular complexity index is 426. The highest BCUT2D eigenvalue weighted by molar-refractivity contribution is 7.93. The van der Waals surface area contributed by atoms with Crippen LogP contribution in [0.15, 0.2) is 0 Å². The Balaban J connectivity index is 2.63. The first-order valence-electron chi connectivity index (χ1n) is 6.49. The molecular weight excluding hydrogens is 302 g/mol. The fraction of sp³-hybridized carbons (Fsp3) is 0.846. The molecule has 1 fully saturated rings. The van der Waals surface area contributed by atoms with Crippen molar-refractivity contribution >= 4 is 18.1 Å². The van der Waals surface area contributed by atoms with E-state index in [0.717, 1.165) is 16.9 Å². The van der Waals surface area contributed by atoms with Gasteiger partial charge in [-0.15, -0.1) is 0 Å². The van der Waals surface area contributed by atoms with Gasteiger partial charge in [-0.05, 0) is 32.8 Å². The Labute approximate surface area is 127 Å². The summed E-state index contributed by atoms with van der Waals surface area (Å²) in [6.45, 7) is 4.27. The van der Waals surface area contributed by atoms with Gasteiger partial charge in [0.15, 0.2) is 5.41 Å². The molecule has 0 aliphatic carbocycles. The van der Waals surface area contributed by atoms with E-state index in [2.05, 4.69) is 0 Å². The highest BCUT2D eigenvalue weighted by atomic mass is 32.2. The molecule has 1 aliphatic rings. The van der Waals surface area contributed by atoms with Crippen LogP contribution in [0.1, 0.15) is 27.2 Å². The summed E-state index contributed by atoms with van der Waals surface area (Å²) >= 11 is 0.997. The van der Waals surface area contributed by atoms with Crippen molar-refractivity contribution in [1.29, 1.82) is 5.26 Å². The quantitative estimate of drug-likeness (QED) is 0.575. The molecule has 120 valence electrons. The molecule has 1 saturated heterocycles. The van der Waals surface area contributed by atoms with E-state index in [4.69, 9.17) is 14.2 Å². The van der Waals surface area contributed by atoms with E-state index >= 15 is 0 Å². The van der Waals surface area contributed by atoms with E-state index in [-0.39, 0.29) is 19.7 Å². The number of carbonyl (C=O) groups is 1. The first kappa shape index (κ1) is 18.0. The third-order valence-electron chi connectivity index (χ3n) is 3.10. The maximum absolute atomic E-state index is 14.1. The van der Waals surface area contributed by atoms with Crippen molar-refractivity contribution in [3.8, 4) is 6.07 Å². The summed E-state index contributed by atoms with van der Waals surface area (Å²) in [5.41, 5.74) is -2.55. The Morgan fingerprint density at radius 1 is 1.43 bits per heavy atom. The maximum atomic E-state index is 14.1. The second-order valence-electron chi connectivity index (χ2n) is 5.97. The summed E-state index contributed by atoms with van der Waals surface area (Å²) in [6.07, 6.45) is 0.402. The van der Waals surface area contributed by atoms with E-state index in [1.807, 2.05) is 0 Å². The smallest absolute Gasteiger partial charge is 0.410 e. The SMILES string of the molecule is CSOCCC(F)(F)C1(C#N)CN(C(=O)OC(C)(C)C)C1. The molecule has 1 aliphatic heterocycles. The average molecular weight is 322 g/mol. The third-order valence-corrected chi connectivity index (χ3v) is 3.51. The van der Waals surface area contributed by atoms with Crippen LogP contribution in [-0.4, -0.2) is 48.5 Å². The summed E-state index contributed by atoms with van der Waals surface area (Å²) < 4.78 is 38.2. The largest absolute Gasteiger partial charge is 0.444 e. The lowest BCUT2D eigenvalue weighted by Crippen LogP contribution is -2.66. The normalized spacial score (nSPS) is 17.9. The second-order valence-corrected chi connectivity index (χ2v) is 6.54. The van der Waals surface area contributed by atoms with Crippen LogP contribution < -0.4 is 0 Å². The predicted octanol–water partition coefficient (Wildman–Crippen LogP) is 3.07. The van der Waals surface area contributed by atoms with Gasteiger partial charge in [0.05, 0.1) is 25.8 Å². The molecule has 1 rings (SSSR count). The predicted molar refractivity (Wildman–Crippen MR) is 74.9 cm³/mol. The number of alkyl halides is 2. The summed E-state index contributed by atoms with van der Waals surface area (Å²) in [6, 6.07) is 1.67. The number of ether oxygens (including phenoxy) is 1. The van der Waals surface area contributed by atoms with Crippen LogP contribution in [0, 0.1) is 16.7 Å². The zero-order valence-electron chi connectivity index (χ0n) is 12.6. The molecule has 0 atom stereocenters. The zero-order chi connectivity index (χ0) is 16.3.